The monoisotopic (exact) mass is 503 g/mol. The van der Waals surface area contributed by atoms with Crippen LogP contribution in [-0.4, -0.2) is 22.2 Å². The van der Waals surface area contributed by atoms with Crippen molar-refractivity contribution in [1.29, 1.82) is 0 Å². The number of fused-ring (bicyclic) bond motifs is 1. The van der Waals surface area contributed by atoms with Gasteiger partial charge in [-0.2, -0.15) is 13.2 Å². The van der Waals surface area contributed by atoms with Crippen molar-refractivity contribution < 1.29 is 27.8 Å². The highest BCUT2D eigenvalue weighted by Crippen LogP contribution is 2.39. The number of thioether (sulfide) groups is 1. The number of aliphatic carboxylic acids is 1. The van der Waals surface area contributed by atoms with Gasteiger partial charge in [-0.1, -0.05) is 18.2 Å². The van der Waals surface area contributed by atoms with Crippen molar-refractivity contribution in [2.75, 3.05) is 0 Å². The van der Waals surface area contributed by atoms with Crippen molar-refractivity contribution in [3.8, 4) is 16.3 Å². The Labute approximate surface area is 202 Å². The van der Waals surface area contributed by atoms with Gasteiger partial charge in [-0.05, 0) is 67.9 Å². The quantitative estimate of drug-likeness (QED) is 0.262. The number of rotatable bonds is 7. The summed E-state index contributed by atoms with van der Waals surface area (Å²) in [6, 6.07) is 18.3. The maximum atomic E-state index is 12.8. The summed E-state index contributed by atoms with van der Waals surface area (Å²) in [5.74, 6) is -0.527. The van der Waals surface area contributed by atoms with Crippen molar-refractivity contribution in [3.63, 3.8) is 0 Å². The molecule has 2 atom stereocenters. The molecule has 0 spiro atoms. The van der Waals surface area contributed by atoms with Crippen LogP contribution in [0.25, 0.3) is 20.8 Å². The Bertz CT molecular complexity index is 1300. The van der Waals surface area contributed by atoms with Crippen molar-refractivity contribution in [1.82, 2.24) is 4.98 Å². The van der Waals surface area contributed by atoms with E-state index in [0.29, 0.717) is 16.3 Å². The Morgan fingerprint density at radius 1 is 1.03 bits per heavy atom. The zero-order valence-corrected chi connectivity index (χ0v) is 19.8. The molecule has 9 heteroatoms. The van der Waals surface area contributed by atoms with E-state index in [2.05, 4.69) is 18.0 Å². The summed E-state index contributed by atoms with van der Waals surface area (Å²) < 4.78 is 44.8. The second-order valence-corrected chi connectivity index (χ2v) is 10.1. The summed E-state index contributed by atoms with van der Waals surface area (Å²) >= 11 is 3.10. The molecule has 4 rings (SSSR count). The molecule has 1 N–H and O–H groups in total. The first-order chi connectivity index (χ1) is 16.1. The van der Waals surface area contributed by atoms with E-state index in [1.54, 1.807) is 23.9 Å². The number of hydrogen-bond donors (Lipinski definition) is 1. The van der Waals surface area contributed by atoms with Crippen LogP contribution in [0.4, 0.5) is 13.2 Å². The van der Waals surface area contributed by atoms with E-state index < -0.39 is 23.8 Å². The van der Waals surface area contributed by atoms with Crippen molar-refractivity contribution >= 4 is 39.3 Å². The molecule has 0 fully saturated rings. The Morgan fingerprint density at radius 3 is 2.32 bits per heavy atom. The van der Waals surface area contributed by atoms with Gasteiger partial charge in [-0.25, -0.2) is 9.78 Å². The Kier molecular flexibility index (Phi) is 6.86. The first-order valence-electron chi connectivity index (χ1n) is 10.3. The lowest BCUT2D eigenvalue weighted by Gasteiger charge is -2.13. The maximum absolute atomic E-state index is 12.8. The number of carboxylic acids is 1. The smallest absolute Gasteiger partial charge is 0.416 e. The topological polar surface area (TPSA) is 59.4 Å². The van der Waals surface area contributed by atoms with E-state index in [1.165, 1.54) is 30.4 Å². The largest absolute Gasteiger partial charge is 0.479 e. The second-order valence-electron chi connectivity index (χ2n) is 7.65. The van der Waals surface area contributed by atoms with Gasteiger partial charge in [0.2, 0.25) is 0 Å². The molecule has 34 heavy (non-hydrogen) atoms. The molecule has 1 heterocycles. The predicted molar refractivity (Wildman–Crippen MR) is 128 cm³/mol. The van der Waals surface area contributed by atoms with Gasteiger partial charge in [0.05, 0.1) is 15.8 Å². The molecule has 0 saturated carbocycles. The summed E-state index contributed by atoms with van der Waals surface area (Å²) in [5.41, 5.74) is 1.87. The summed E-state index contributed by atoms with van der Waals surface area (Å²) in [6.07, 6.45) is -5.28. The van der Waals surface area contributed by atoms with Crippen molar-refractivity contribution in [2.45, 2.75) is 36.3 Å². The van der Waals surface area contributed by atoms with E-state index >= 15 is 0 Å². The number of alkyl halides is 3. The Balaban J connectivity index is 1.48. The van der Waals surface area contributed by atoms with Gasteiger partial charge in [-0.15, -0.1) is 23.1 Å². The van der Waals surface area contributed by atoms with E-state index in [9.17, 15) is 18.0 Å². The van der Waals surface area contributed by atoms with Gasteiger partial charge < -0.3 is 9.84 Å². The minimum Gasteiger partial charge on any atom is -0.479 e. The molecule has 2 unspecified atom stereocenters. The van der Waals surface area contributed by atoms with Crippen LogP contribution in [0, 0.1) is 0 Å². The minimum atomic E-state index is -4.36. The first-order valence-corrected chi connectivity index (χ1v) is 12.0. The molecule has 0 radical (unpaired) electrons. The molecule has 0 saturated heterocycles. The third kappa shape index (κ3) is 5.53. The SMILES string of the molecule is CC(Oc1ccc(SC(C)c2ccc3nc(-c4ccc(C(F)(F)F)cc4)sc3c2)cc1)C(=O)O. The van der Waals surface area contributed by atoms with Crippen molar-refractivity contribution in [2.24, 2.45) is 0 Å². The van der Waals surface area contributed by atoms with Crippen LogP contribution in [0.15, 0.2) is 71.6 Å². The molecule has 0 bridgehead atoms. The van der Waals surface area contributed by atoms with E-state index in [0.717, 1.165) is 32.8 Å². The summed E-state index contributed by atoms with van der Waals surface area (Å²) in [6.45, 7) is 3.56. The number of carbonyl (C=O) groups is 1. The fourth-order valence-electron chi connectivity index (χ4n) is 3.24. The van der Waals surface area contributed by atoms with Gasteiger partial charge in [0, 0.05) is 15.7 Å². The van der Waals surface area contributed by atoms with Crippen LogP contribution in [0.2, 0.25) is 0 Å². The summed E-state index contributed by atoms with van der Waals surface area (Å²) in [4.78, 5) is 16.5. The minimum absolute atomic E-state index is 0.130. The average Bonchev–Trinajstić information content (AvgIpc) is 3.23. The molecular weight excluding hydrogens is 483 g/mol. The zero-order chi connectivity index (χ0) is 24.5. The van der Waals surface area contributed by atoms with E-state index in [4.69, 9.17) is 9.84 Å². The highest BCUT2D eigenvalue weighted by Gasteiger charge is 2.30. The first kappa shape index (κ1) is 24.1. The number of aromatic nitrogens is 1. The maximum Gasteiger partial charge on any atom is 0.416 e. The fourth-order valence-corrected chi connectivity index (χ4v) is 5.25. The predicted octanol–water partition coefficient (Wildman–Crippen LogP) is 7.69. The molecule has 3 aromatic carbocycles. The zero-order valence-electron chi connectivity index (χ0n) is 18.2. The molecule has 4 aromatic rings. The molecule has 176 valence electrons. The lowest BCUT2D eigenvalue weighted by Crippen LogP contribution is -2.22. The average molecular weight is 504 g/mol. The highest BCUT2D eigenvalue weighted by atomic mass is 32.2. The highest BCUT2D eigenvalue weighted by molar-refractivity contribution is 7.99. The number of nitrogens with zero attached hydrogens (tertiary/aromatic N) is 1. The number of carboxylic acid groups (broad SMARTS) is 1. The fraction of sp³-hybridized carbons (Fsp3) is 0.200. The third-order valence-corrected chi connectivity index (χ3v) is 7.38. The van der Waals surface area contributed by atoms with Crippen molar-refractivity contribution in [3.05, 3.63) is 77.9 Å². The van der Waals surface area contributed by atoms with Crippen LogP contribution in [0.3, 0.4) is 0 Å². The molecule has 1 aromatic heterocycles. The Hall–Kier alpha value is -3.04. The third-order valence-electron chi connectivity index (χ3n) is 5.14. The van der Waals surface area contributed by atoms with Gasteiger partial charge in [0.1, 0.15) is 10.8 Å². The van der Waals surface area contributed by atoms with Gasteiger partial charge in [0.15, 0.2) is 6.10 Å². The van der Waals surface area contributed by atoms with Gasteiger partial charge in [0.25, 0.3) is 0 Å². The van der Waals surface area contributed by atoms with Crippen LogP contribution < -0.4 is 4.74 Å². The molecular formula is C25H20F3NO3S2. The number of ether oxygens (including phenoxy) is 1. The van der Waals surface area contributed by atoms with E-state index in [-0.39, 0.29) is 5.25 Å². The lowest BCUT2D eigenvalue weighted by molar-refractivity contribution is -0.144. The van der Waals surface area contributed by atoms with Crippen LogP contribution in [0.1, 0.15) is 30.2 Å². The number of thiazole rings is 1. The lowest BCUT2D eigenvalue weighted by atomic mass is 10.1. The molecule has 0 aliphatic heterocycles. The van der Waals surface area contributed by atoms with Crippen LogP contribution in [-0.2, 0) is 11.0 Å². The standard InChI is InChI=1S/C25H20F3NO3S2/c1-14(24(30)31)32-19-8-10-20(11-9-19)33-15(2)17-5-12-21-22(13-17)34-23(29-21)16-3-6-18(7-4-16)25(26,27)28/h3-15H,1-2H3,(H,30,31). The summed E-state index contributed by atoms with van der Waals surface area (Å²) in [5, 5.41) is 9.75. The van der Waals surface area contributed by atoms with Crippen LogP contribution >= 0.6 is 23.1 Å². The molecule has 4 nitrogen and oxygen atoms in total. The molecule has 0 amide bonds. The van der Waals surface area contributed by atoms with Gasteiger partial charge >= 0.3 is 12.1 Å². The Morgan fingerprint density at radius 2 is 1.71 bits per heavy atom. The van der Waals surface area contributed by atoms with E-state index in [1.807, 2.05) is 24.3 Å². The second kappa shape index (κ2) is 9.68. The molecule has 0 aliphatic carbocycles. The van der Waals surface area contributed by atoms with Gasteiger partial charge in [-0.3, -0.25) is 0 Å². The molecule has 0 aliphatic rings. The summed E-state index contributed by atoms with van der Waals surface area (Å²) in [7, 11) is 0. The van der Waals surface area contributed by atoms with Crippen LogP contribution in [0.5, 0.6) is 5.75 Å². The normalized spacial score (nSPS) is 13.6. The number of benzene rings is 3. The number of hydrogen-bond acceptors (Lipinski definition) is 5. The number of halogens is 3.